The second-order valence-corrected chi connectivity index (χ2v) is 2.56. The molecule has 0 amide bonds. The van der Waals surface area contributed by atoms with Crippen LogP contribution in [0.3, 0.4) is 0 Å². The third kappa shape index (κ3) is 30.5. The van der Waals surface area contributed by atoms with E-state index in [2.05, 4.69) is 33.8 Å². The molecule has 0 aliphatic heterocycles. The van der Waals surface area contributed by atoms with E-state index in [-0.39, 0.29) is 39.6 Å². The molecule has 0 rings (SSSR count). The molecule has 0 bridgehead atoms. The Hall–Kier alpha value is 1.01. The maximum atomic E-state index is 3.80. The Morgan fingerprint density at radius 3 is 1.58 bits per heavy atom. The van der Waals surface area contributed by atoms with Crippen LogP contribution in [0.25, 0.3) is 0 Å². The molecule has 0 aliphatic carbocycles. The maximum Gasteiger partial charge on any atom is 2.00 e. The first kappa shape index (κ1) is 23.1. The van der Waals surface area contributed by atoms with E-state index in [9.17, 15) is 0 Å². The molecule has 12 heavy (non-hydrogen) atoms. The Morgan fingerprint density at radius 1 is 1.42 bits per heavy atom. The predicted octanol–water partition coefficient (Wildman–Crippen LogP) is 3.45. The van der Waals surface area contributed by atoms with Crippen LogP contribution in [0, 0.1) is 24.8 Å². The molecular weight excluding hydrogens is 355 g/mol. The topological polar surface area (TPSA) is 0 Å². The van der Waals surface area contributed by atoms with Crippen LogP contribution in [0.15, 0.2) is 6.08 Å². The Bertz CT molecular complexity index is 67.9. The van der Waals surface area contributed by atoms with E-state index >= 15 is 0 Å². The zero-order valence-corrected chi connectivity index (χ0v) is 13.0. The van der Waals surface area contributed by atoms with Gasteiger partial charge in [0.2, 0.25) is 0 Å². The summed E-state index contributed by atoms with van der Waals surface area (Å²) < 4.78 is 0. The summed E-state index contributed by atoms with van der Waals surface area (Å²) in [6.07, 6.45) is 4.68. The monoisotopic (exact) mass is 374 g/mol. The number of rotatable bonds is 1. The van der Waals surface area contributed by atoms with Gasteiger partial charge in [-0.15, -0.1) is 6.92 Å². The minimum Gasteiger partial charge on any atom is -0.504 e. The zero-order valence-electron chi connectivity index (χ0n) is 8.72. The Balaban J connectivity index is -0.0000000483. The van der Waals surface area contributed by atoms with E-state index in [1.54, 1.807) is 0 Å². The smallest absolute Gasteiger partial charge is 0.504 e. The van der Waals surface area contributed by atoms with Gasteiger partial charge in [0.1, 0.15) is 0 Å². The second-order valence-electron chi connectivity index (χ2n) is 2.56. The van der Waals surface area contributed by atoms with Gasteiger partial charge in [0.15, 0.2) is 0 Å². The second kappa shape index (κ2) is 17.9. The zero-order chi connectivity index (χ0) is 8.57. The molecule has 0 aromatic heterocycles. The van der Waals surface area contributed by atoms with Gasteiger partial charge < -0.3 is 24.8 Å². The van der Waals surface area contributed by atoms with Gasteiger partial charge in [-0.2, -0.15) is 20.8 Å². The maximum absolute atomic E-state index is 3.80. The summed E-state index contributed by atoms with van der Waals surface area (Å²) in [5.41, 5.74) is 0. The van der Waals surface area contributed by atoms with Gasteiger partial charge in [-0.25, -0.2) is 0 Å². The van der Waals surface area contributed by atoms with Crippen LogP contribution in [0.2, 0.25) is 0 Å². The van der Waals surface area contributed by atoms with Crippen molar-refractivity contribution in [1.29, 1.82) is 0 Å². The average Bonchev–Trinajstić information content (AvgIpc) is 1.89. The van der Waals surface area contributed by atoms with Crippen molar-refractivity contribution >= 4 is 0 Å². The van der Waals surface area contributed by atoms with Crippen LogP contribution in [0.1, 0.15) is 34.6 Å². The van der Waals surface area contributed by atoms with Crippen molar-refractivity contribution < 1.29 is 39.6 Å². The molecule has 0 aliphatic rings. The minimum atomic E-state index is 0. The Kier molecular flexibility index (Phi) is 34.6. The molecule has 2 heteroatoms. The molecule has 0 saturated heterocycles. The molecule has 0 saturated carbocycles. The largest absolute Gasteiger partial charge is 2.00 e. The molecule has 1 unspecified atom stereocenters. The predicted molar refractivity (Wildman–Crippen MR) is 48.3 cm³/mol. The minimum absolute atomic E-state index is 0. The molecule has 0 nitrogen and oxygen atoms in total. The summed E-state index contributed by atoms with van der Waals surface area (Å²) in [6, 6.07) is 0. The summed E-state index contributed by atoms with van der Waals surface area (Å²) in [5.74, 6) is 1.92. The van der Waals surface area contributed by atoms with E-state index in [0.29, 0.717) is 5.92 Å². The van der Waals surface area contributed by atoms with Crippen molar-refractivity contribution in [2.45, 2.75) is 34.6 Å². The average molecular weight is 374 g/mol. The molecule has 0 aromatic rings. The first-order valence-electron chi connectivity index (χ1n) is 3.64. The molecular formula is C10H19VW-. The first-order valence-corrected chi connectivity index (χ1v) is 3.64. The third-order valence-corrected chi connectivity index (χ3v) is 1.27. The standard InChI is InChI=1S/C6H12.C4H7.V.W/c1-5(2)6(3)4;1-3-4-2;;/h5H,1H2,2-4H3;3H,1-2H3;;/q-2;-1;+2;. The van der Waals surface area contributed by atoms with Gasteiger partial charge in [-0.3, -0.25) is 6.08 Å². The molecule has 0 heterocycles. The Morgan fingerprint density at radius 2 is 1.58 bits per heavy atom. The Labute approximate surface area is 105 Å². The van der Waals surface area contributed by atoms with Crippen LogP contribution in [0.5, 0.6) is 0 Å². The van der Waals surface area contributed by atoms with Crippen molar-refractivity contribution in [1.82, 2.24) is 0 Å². The van der Waals surface area contributed by atoms with Crippen LogP contribution >= 0.6 is 0 Å². The van der Waals surface area contributed by atoms with Crippen molar-refractivity contribution in [3.63, 3.8) is 0 Å². The van der Waals surface area contributed by atoms with E-state index in [0.717, 1.165) is 0 Å². The van der Waals surface area contributed by atoms with E-state index in [1.165, 1.54) is 5.92 Å². The summed E-state index contributed by atoms with van der Waals surface area (Å²) in [4.78, 5) is 0. The normalized spacial score (nSPS) is 10.9. The van der Waals surface area contributed by atoms with Gasteiger partial charge in [-0.1, -0.05) is 6.92 Å². The van der Waals surface area contributed by atoms with Crippen LogP contribution in [-0.4, -0.2) is 0 Å². The van der Waals surface area contributed by atoms with Crippen LogP contribution < -0.4 is 0 Å². The quantitative estimate of drug-likeness (QED) is 0.617. The summed E-state index contributed by atoms with van der Waals surface area (Å²) >= 11 is 0. The summed E-state index contributed by atoms with van der Waals surface area (Å²) in [7, 11) is 0. The fourth-order valence-electron chi connectivity index (χ4n) is 0. The van der Waals surface area contributed by atoms with Crippen LogP contribution in [0.4, 0.5) is 0 Å². The van der Waals surface area contributed by atoms with Crippen molar-refractivity contribution in [2.24, 2.45) is 5.92 Å². The number of hydrogen-bond donors (Lipinski definition) is 0. The van der Waals surface area contributed by atoms with E-state index < -0.39 is 0 Å². The van der Waals surface area contributed by atoms with Crippen molar-refractivity contribution in [2.75, 3.05) is 0 Å². The molecule has 1 radical (unpaired) electrons. The van der Waals surface area contributed by atoms with E-state index in [1.807, 2.05) is 19.9 Å². The molecule has 71 valence electrons. The molecule has 0 spiro atoms. The van der Waals surface area contributed by atoms with Gasteiger partial charge in [0.25, 0.3) is 0 Å². The van der Waals surface area contributed by atoms with Gasteiger partial charge in [0, 0.05) is 21.1 Å². The molecule has 0 fully saturated rings. The van der Waals surface area contributed by atoms with Crippen molar-refractivity contribution in [3.05, 3.63) is 25.0 Å². The van der Waals surface area contributed by atoms with Gasteiger partial charge in [0.05, 0.1) is 0 Å². The van der Waals surface area contributed by atoms with Crippen LogP contribution in [-0.2, 0) is 39.6 Å². The number of hydrogen-bond acceptors (Lipinski definition) is 0. The molecule has 1 atom stereocenters. The summed E-state index contributed by atoms with van der Waals surface area (Å²) in [5, 5.41) is 0. The van der Waals surface area contributed by atoms with Gasteiger partial charge in [-0.05, 0) is 0 Å². The molecule has 0 aromatic carbocycles. The van der Waals surface area contributed by atoms with Gasteiger partial charge >= 0.3 is 18.6 Å². The van der Waals surface area contributed by atoms with E-state index in [4.69, 9.17) is 0 Å². The SMILES string of the molecule is C[C-]=CC.[CH2-]C(C)[C-](C)C.[V+2].[W]. The molecule has 0 N–H and O–H groups in total. The third-order valence-electron chi connectivity index (χ3n) is 1.27. The first-order chi connectivity index (χ1) is 4.56. The number of allylic oxidation sites excluding steroid dienone is 2. The van der Waals surface area contributed by atoms with Crippen molar-refractivity contribution in [3.8, 4) is 0 Å². The fraction of sp³-hybridized carbons (Fsp3) is 0.600. The fourth-order valence-corrected chi connectivity index (χ4v) is 0. The summed E-state index contributed by atoms with van der Waals surface area (Å²) in [6.45, 7) is 13.9.